The molecule has 6 aliphatic rings. The number of carbonyl (C=O) groups excluding carboxylic acids is 3. The Labute approximate surface area is 338 Å². The molecule has 1 aromatic carbocycles. The van der Waals surface area contributed by atoms with E-state index in [-0.39, 0.29) is 30.9 Å². The van der Waals surface area contributed by atoms with E-state index in [0.717, 1.165) is 51.0 Å². The molecule has 2 saturated heterocycles. The number of morpholine rings is 1. The molecular formula is C42H56ClN5O9. The number of hydrogen-bond acceptors (Lipinski definition) is 10. The van der Waals surface area contributed by atoms with Crippen LogP contribution in [0.1, 0.15) is 90.7 Å². The van der Waals surface area contributed by atoms with Crippen LogP contribution in [-0.4, -0.2) is 120 Å². The number of alkyl carbamates (subject to hydrolysis) is 1. The molecule has 0 spiro atoms. The van der Waals surface area contributed by atoms with Crippen molar-refractivity contribution >= 4 is 46.4 Å². The number of amides is 3. The lowest BCUT2D eigenvalue weighted by Crippen LogP contribution is -2.59. The third-order valence-electron chi connectivity index (χ3n) is 12.9. The Morgan fingerprint density at radius 1 is 1.05 bits per heavy atom. The zero-order valence-electron chi connectivity index (χ0n) is 33.4. The Bertz CT molecular complexity index is 1890. The lowest BCUT2D eigenvalue weighted by Gasteiger charge is -2.35. The normalized spacial score (nSPS) is 30.0. The minimum absolute atomic E-state index is 0.0303. The molecule has 8 rings (SSSR count). The molecule has 3 N–H and O–H groups in total. The Morgan fingerprint density at radius 2 is 1.79 bits per heavy atom. The van der Waals surface area contributed by atoms with Crippen molar-refractivity contribution < 1.29 is 43.2 Å². The van der Waals surface area contributed by atoms with Crippen molar-refractivity contribution in [3.8, 4) is 11.5 Å². The standard InChI is InChI=1S/C42H56ClN5O9/c1-5-26-21-42(26,39(51)52)46-37(49)31-19-28(22-48(31)38(50)36(41(2,3)4)45-40(53)57-27-17-24-16-25(24)18-27)56-33-20-30(23-6-7-23)44-35-29(33)8-9-32(34(35)43)55-15-12-47-10-13-54-14-11-47/h8-9,20,23-28,31,36H,5-7,10-19,21-22H2,1-4H3,(H,45,53)(H,46,49)(H,51,52)/t24-,25+,26-,27+,28-,31+,36-,42-/m1/s1. The summed E-state index contributed by atoms with van der Waals surface area (Å²) in [5, 5.41) is 16.9. The van der Waals surface area contributed by atoms with Crippen LogP contribution in [0.3, 0.4) is 0 Å². The maximum Gasteiger partial charge on any atom is 0.408 e. The highest BCUT2D eigenvalue weighted by molar-refractivity contribution is 6.36. The van der Waals surface area contributed by atoms with Crippen molar-refractivity contribution in [2.75, 3.05) is 46.0 Å². The van der Waals surface area contributed by atoms with Gasteiger partial charge in [0.05, 0.1) is 25.3 Å². The van der Waals surface area contributed by atoms with Gasteiger partial charge < -0.3 is 39.6 Å². The Balaban J connectivity index is 1.04. The quantitative estimate of drug-likeness (QED) is 0.231. The third kappa shape index (κ3) is 8.50. The van der Waals surface area contributed by atoms with Gasteiger partial charge in [0.15, 0.2) is 0 Å². The highest BCUT2D eigenvalue weighted by Gasteiger charge is 2.61. The van der Waals surface area contributed by atoms with Crippen LogP contribution in [0.25, 0.3) is 10.9 Å². The third-order valence-corrected chi connectivity index (χ3v) is 13.3. The van der Waals surface area contributed by atoms with E-state index in [0.29, 0.717) is 71.9 Å². The molecule has 4 saturated carbocycles. The van der Waals surface area contributed by atoms with Crippen molar-refractivity contribution in [3.05, 3.63) is 28.9 Å². The average Bonchev–Trinajstić information content (AvgIpc) is 4.14. The highest BCUT2D eigenvalue weighted by Crippen LogP contribution is 2.52. The first kappa shape index (κ1) is 39.9. The van der Waals surface area contributed by atoms with Crippen molar-refractivity contribution in [1.29, 1.82) is 0 Å². The molecule has 15 heteroatoms. The maximum atomic E-state index is 14.7. The topological polar surface area (TPSA) is 169 Å². The molecule has 2 aromatic rings. The second-order valence-electron chi connectivity index (χ2n) is 18.2. The number of fused-ring (bicyclic) bond motifs is 2. The van der Waals surface area contributed by atoms with Gasteiger partial charge in [-0.25, -0.2) is 9.59 Å². The zero-order chi connectivity index (χ0) is 40.2. The SMILES string of the molecule is CC[C@@H]1C[C@]1(NC(=O)[C@@H]1C[C@@H](Oc2cc(C3CC3)nc3c(Cl)c(OCCN4CCOCC4)ccc23)CN1C(=O)[C@@H](NC(=O)O[C@@H]1C[C@@H]2C[C@@H]2C1)C(C)(C)C)C(=O)O. The van der Waals surface area contributed by atoms with Crippen LogP contribution in [-0.2, 0) is 23.9 Å². The van der Waals surface area contributed by atoms with Gasteiger partial charge in [-0.05, 0) is 73.8 Å². The molecule has 8 atom stereocenters. The summed E-state index contributed by atoms with van der Waals surface area (Å²) in [6, 6.07) is 3.53. The number of nitrogens with one attached hydrogen (secondary N) is 2. The number of carbonyl (C=O) groups is 4. The maximum absolute atomic E-state index is 14.7. The van der Waals surface area contributed by atoms with E-state index in [1.165, 1.54) is 11.3 Å². The molecule has 3 amide bonds. The molecule has 57 heavy (non-hydrogen) atoms. The zero-order valence-corrected chi connectivity index (χ0v) is 34.1. The number of aromatic nitrogens is 1. The van der Waals surface area contributed by atoms with Crippen molar-refractivity contribution in [3.63, 3.8) is 0 Å². The first-order valence-electron chi connectivity index (χ1n) is 20.8. The van der Waals surface area contributed by atoms with E-state index < -0.39 is 53.0 Å². The number of halogens is 1. The van der Waals surface area contributed by atoms with Gasteiger partial charge in [-0.15, -0.1) is 0 Å². The largest absolute Gasteiger partial charge is 0.491 e. The molecule has 2 aliphatic heterocycles. The number of ether oxygens (including phenoxy) is 4. The molecule has 0 radical (unpaired) electrons. The average molecular weight is 810 g/mol. The fourth-order valence-electron chi connectivity index (χ4n) is 9.16. The molecular weight excluding hydrogens is 754 g/mol. The van der Waals surface area contributed by atoms with Crippen LogP contribution in [0.4, 0.5) is 4.79 Å². The molecule has 4 aliphatic carbocycles. The molecule has 14 nitrogen and oxygen atoms in total. The lowest BCUT2D eigenvalue weighted by molar-refractivity contribution is -0.146. The minimum atomic E-state index is -1.38. The van der Waals surface area contributed by atoms with Gasteiger partial charge in [-0.2, -0.15) is 0 Å². The van der Waals surface area contributed by atoms with E-state index in [9.17, 15) is 24.3 Å². The number of hydrogen-bond donors (Lipinski definition) is 3. The van der Waals surface area contributed by atoms with Crippen LogP contribution < -0.4 is 20.1 Å². The van der Waals surface area contributed by atoms with E-state index in [1.807, 2.05) is 45.9 Å². The van der Waals surface area contributed by atoms with E-state index in [4.69, 9.17) is 35.5 Å². The minimum Gasteiger partial charge on any atom is -0.491 e. The summed E-state index contributed by atoms with van der Waals surface area (Å²) in [6.45, 7) is 11.8. The summed E-state index contributed by atoms with van der Waals surface area (Å²) in [5.41, 5.74) is -0.730. The fourth-order valence-corrected chi connectivity index (χ4v) is 9.42. The van der Waals surface area contributed by atoms with Crippen LogP contribution in [0, 0.1) is 23.2 Å². The van der Waals surface area contributed by atoms with Gasteiger partial charge in [0.25, 0.3) is 0 Å². The second kappa shape index (κ2) is 15.7. The lowest BCUT2D eigenvalue weighted by atomic mass is 9.85. The molecule has 1 aromatic heterocycles. The van der Waals surface area contributed by atoms with Gasteiger partial charge in [0.1, 0.15) is 53.0 Å². The second-order valence-corrected chi connectivity index (χ2v) is 18.5. The molecule has 0 bridgehead atoms. The Morgan fingerprint density at radius 3 is 2.44 bits per heavy atom. The van der Waals surface area contributed by atoms with Crippen molar-refractivity contribution in [2.24, 2.45) is 23.2 Å². The van der Waals surface area contributed by atoms with E-state index in [2.05, 4.69) is 15.5 Å². The number of aliphatic carboxylic acids is 1. The van der Waals surface area contributed by atoms with E-state index in [1.54, 1.807) is 0 Å². The monoisotopic (exact) mass is 809 g/mol. The van der Waals surface area contributed by atoms with E-state index >= 15 is 0 Å². The highest BCUT2D eigenvalue weighted by atomic mass is 35.5. The van der Waals surface area contributed by atoms with Gasteiger partial charge in [0.2, 0.25) is 11.8 Å². The van der Waals surface area contributed by atoms with Crippen molar-refractivity contribution in [2.45, 2.75) is 115 Å². The summed E-state index contributed by atoms with van der Waals surface area (Å²) in [4.78, 5) is 63.2. The molecule has 310 valence electrons. The van der Waals surface area contributed by atoms with Gasteiger partial charge in [0, 0.05) is 49.1 Å². The van der Waals surface area contributed by atoms with Gasteiger partial charge in [-0.3, -0.25) is 19.5 Å². The molecule has 6 fully saturated rings. The fraction of sp³-hybridized carbons (Fsp3) is 0.690. The first-order valence-corrected chi connectivity index (χ1v) is 21.2. The predicted octanol–water partition coefficient (Wildman–Crippen LogP) is 5.13. The number of carboxylic acids is 1. The van der Waals surface area contributed by atoms with Gasteiger partial charge >= 0.3 is 12.1 Å². The number of rotatable bonds is 14. The van der Waals surface area contributed by atoms with Crippen LogP contribution in [0.15, 0.2) is 18.2 Å². The summed E-state index contributed by atoms with van der Waals surface area (Å²) in [6.07, 6.45) is 4.38. The smallest absolute Gasteiger partial charge is 0.408 e. The molecule has 0 unspecified atom stereocenters. The number of pyridine rings is 1. The summed E-state index contributed by atoms with van der Waals surface area (Å²) < 4.78 is 24.1. The van der Waals surface area contributed by atoms with Gasteiger partial charge in [-0.1, -0.05) is 45.7 Å². The number of benzene rings is 1. The van der Waals surface area contributed by atoms with Crippen LogP contribution >= 0.6 is 11.6 Å². The summed E-state index contributed by atoms with van der Waals surface area (Å²) in [7, 11) is 0. The number of nitrogens with zero attached hydrogens (tertiary/aromatic N) is 3. The summed E-state index contributed by atoms with van der Waals surface area (Å²) in [5.74, 6) is 0.230. The van der Waals surface area contributed by atoms with Crippen molar-refractivity contribution in [1.82, 2.24) is 25.4 Å². The Hall–Kier alpha value is -3.88. The number of carboxylic acid groups (broad SMARTS) is 1. The number of likely N-dealkylation sites (tertiary alicyclic amines) is 1. The summed E-state index contributed by atoms with van der Waals surface area (Å²) >= 11 is 7.00. The Kier molecular flexibility index (Phi) is 11.0. The van der Waals surface area contributed by atoms with Crippen LogP contribution in [0.2, 0.25) is 5.02 Å². The van der Waals surface area contributed by atoms with Crippen LogP contribution in [0.5, 0.6) is 11.5 Å². The first-order chi connectivity index (χ1) is 27.2. The predicted molar refractivity (Wildman–Crippen MR) is 210 cm³/mol. The molecule has 3 heterocycles.